The van der Waals surface area contributed by atoms with Crippen LogP contribution in [-0.2, 0) is 14.3 Å². The number of nitrogens with zero attached hydrogens (tertiary/aromatic N) is 1. The molecule has 3 aliphatic rings. The smallest absolute Gasteiger partial charge is 0.227 e. The number of rotatable bonds is 7. The maximum absolute atomic E-state index is 14.0. The van der Waals surface area contributed by atoms with Crippen LogP contribution in [0.25, 0.3) is 5.57 Å². The fourth-order valence-electron chi connectivity index (χ4n) is 5.10. The molecule has 4 rings (SSSR count). The SMILES string of the molecule is C/C=C(\C(=O)C1=C2CCC(=O)N(C)C2=CC2(OCCC)CC12C)c1ccc(OC)cc1.CC. The van der Waals surface area contributed by atoms with Crippen molar-refractivity contribution in [3.63, 3.8) is 0 Å². The molecule has 2 aliphatic carbocycles. The van der Waals surface area contributed by atoms with Crippen molar-refractivity contribution in [3.05, 3.63) is 58.8 Å². The average molecular weight is 452 g/mol. The Kier molecular flexibility index (Phi) is 7.32. The van der Waals surface area contributed by atoms with E-state index in [2.05, 4.69) is 19.9 Å². The van der Waals surface area contributed by atoms with Crippen LogP contribution in [0.3, 0.4) is 0 Å². The molecule has 0 N–H and O–H groups in total. The van der Waals surface area contributed by atoms with Gasteiger partial charge in [-0.15, -0.1) is 0 Å². The van der Waals surface area contributed by atoms with Crippen LogP contribution in [0.1, 0.15) is 65.9 Å². The van der Waals surface area contributed by atoms with Crippen molar-refractivity contribution in [1.82, 2.24) is 4.90 Å². The third kappa shape index (κ3) is 4.08. The van der Waals surface area contributed by atoms with Crippen LogP contribution in [0.4, 0.5) is 0 Å². The zero-order valence-corrected chi connectivity index (χ0v) is 21.1. The first-order valence-corrected chi connectivity index (χ1v) is 12.0. The average Bonchev–Trinajstić information content (AvgIpc) is 3.45. The summed E-state index contributed by atoms with van der Waals surface area (Å²) in [6.07, 6.45) is 6.67. The van der Waals surface area contributed by atoms with Crippen LogP contribution in [0.15, 0.2) is 53.3 Å². The number of carbonyl (C=O) groups is 2. The molecule has 1 heterocycles. The van der Waals surface area contributed by atoms with Crippen LogP contribution < -0.4 is 4.74 Å². The van der Waals surface area contributed by atoms with E-state index in [-0.39, 0.29) is 17.1 Å². The van der Waals surface area contributed by atoms with Gasteiger partial charge in [0.2, 0.25) is 5.91 Å². The second-order valence-electron chi connectivity index (χ2n) is 8.84. The van der Waals surface area contributed by atoms with Gasteiger partial charge in [0.1, 0.15) is 5.75 Å². The maximum atomic E-state index is 14.0. The van der Waals surface area contributed by atoms with Crippen LogP contribution in [0.2, 0.25) is 0 Å². The van der Waals surface area contributed by atoms with E-state index >= 15 is 0 Å². The second-order valence-corrected chi connectivity index (χ2v) is 8.84. The second kappa shape index (κ2) is 9.68. The van der Waals surface area contributed by atoms with E-state index in [4.69, 9.17) is 9.47 Å². The standard InChI is InChI=1S/C26H31NO4.C2H6/c1-6-14-31-26-15-21-20(12-13-22(28)27(21)4)23(25(26,3)16-26)24(29)19(7-2)17-8-10-18(30-5)11-9-17;1-2/h7-11,15H,6,12-14,16H2,1-5H3;1-2H3/b19-7-;. The monoisotopic (exact) mass is 451 g/mol. The lowest BCUT2D eigenvalue weighted by Gasteiger charge is -2.37. The minimum absolute atomic E-state index is 0.0282. The minimum atomic E-state index is -0.516. The molecular weight excluding hydrogens is 414 g/mol. The maximum Gasteiger partial charge on any atom is 0.227 e. The van der Waals surface area contributed by atoms with Gasteiger partial charge in [0.25, 0.3) is 0 Å². The Morgan fingerprint density at radius 1 is 1.18 bits per heavy atom. The number of likely N-dealkylation sites (N-methyl/N-ethyl adjacent to an activating group) is 1. The number of methoxy groups -OCH3 is 1. The van der Waals surface area contributed by atoms with Crippen LogP contribution in [0.5, 0.6) is 5.75 Å². The van der Waals surface area contributed by atoms with E-state index in [1.54, 1.807) is 19.1 Å². The Labute approximate surface area is 198 Å². The van der Waals surface area contributed by atoms with Gasteiger partial charge in [0, 0.05) is 42.3 Å². The summed E-state index contributed by atoms with van der Waals surface area (Å²) < 4.78 is 11.6. The summed E-state index contributed by atoms with van der Waals surface area (Å²) in [7, 11) is 3.43. The molecule has 2 atom stereocenters. The molecule has 33 heavy (non-hydrogen) atoms. The molecule has 0 spiro atoms. The highest BCUT2D eigenvalue weighted by Gasteiger charge is 2.70. The lowest BCUT2D eigenvalue weighted by atomic mass is 9.76. The summed E-state index contributed by atoms with van der Waals surface area (Å²) in [5, 5.41) is 0. The number of ketones is 1. The summed E-state index contributed by atoms with van der Waals surface area (Å²) in [6, 6.07) is 7.58. The number of carbonyl (C=O) groups excluding carboxylic acids is 2. The highest BCUT2D eigenvalue weighted by atomic mass is 16.5. The molecule has 2 fully saturated rings. The number of ether oxygens (including phenoxy) is 2. The molecule has 5 heteroatoms. The number of fused-ring (bicyclic) bond motifs is 2. The summed E-state index contributed by atoms with van der Waals surface area (Å²) >= 11 is 0. The topological polar surface area (TPSA) is 55.8 Å². The Hall–Kier alpha value is -2.66. The number of allylic oxidation sites excluding steroid dienone is 3. The van der Waals surface area contributed by atoms with Crippen LogP contribution in [0, 0.1) is 5.41 Å². The summed E-state index contributed by atoms with van der Waals surface area (Å²) in [5.41, 5.74) is 3.29. The quantitative estimate of drug-likeness (QED) is 0.498. The van der Waals surface area contributed by atoms with Gasteiger partial charge in [-0.05, 0) is 55.5 Å². The molecule has 1 aliphatic heterocycles. The van der Waals surface area contributed by atoms with Crippen molar-refractivity contribution in [3.8, 4) is 5.75 Å². The normalized spacial score (nSPS) is 26.0. The molecule has 0 radical (unpaired) electrons. The van der Waals surface area contributed by atoms with Gasteiger partial charge < -0.3 is 14.4 Å². The number of Topliss-reactive ketones (excluding diaryl/α,β-unsaturated/α-hetero) is 1. The van der Waals surface area contributed by atoms with Gasteiger partial charge in [-0.2, -0.15) is 0 Å². The van der Waals surface area contributed by atoms with Crippen molar-refractivity contribution in [2.24, 2.45) is 5.41 Å². The van der Waals surface area contributed by atoms with Crippen molar-refractivity contribution in [1.29, 1.82) is 0 Å². The summed E-state index contributed by atoms with van der Waals surface area (Å²) in [5.74, 6) is 0.865. The van der Waals surface area contributed by atoms with E-state index in [9.17, 15) is 9.59 Å². The Balaban J connectivity index is 0.00000149. The first-order valence-electron chi connectivity index (χ1n) is 12.0. The van der Waals surface area contributed by atoms with Crippen molar-refractivity contribution < 1.29 is 19.1 Å². The molecule has 5 nitrogen and oxygen atoms in total. The van der Waals surface area contributed by atoms with Crippen LogP contribution in [-0.4, -0.2) is 43.0 Å². The van der Waals surface area contributed by atoms with Crippen molar-refractivity contribution in [2.45, 2.75) is 65.9 Å². The predicted molar refractivity (Wildman–Crippen MR) is 132 cm³/mol. The zero-order chi connectivity index (χ0) is 24.4. The lowest BCUT2D eigenvalue weighted by Crippen LogP contribution is -2.39. The third-order valence-corrected chi connectivity index (χ3v) is 7.01. The number of hydrogen-bond acceptors (Lipinski definition) is 4. The number of amides is 1. The van der Waals surface area contributed by atoms with Crippen molar-refractivity contribution >= 4 is 17.3 Å². The van der Waals surface area contributed by atoms with E-state index < -0.39 is 5.60 Å². The minimum Gasteiger partial charge on any atom is -0.497 e. The van der Waals surface area contributed by atoms with Crippen molar-refractivity contribution in [2.75, 3.05) is 20.8 Å². The van der Waals surface area contributed by atoms with E-state index in [1.165, 1.54) is 0 Å². The predicted octanol–water partition coefficient (Wildman–Crippen LogP) is 5.72. The molecule has 0 aromatic heterocycles. The number of hydrogen-bond donors (Lipinski definition) is 0. The molecule has 1 saturated carbocycles. The number of likely N-dealkylation sites (tertiary alicyclic amines) is 1. The molecule has 1 aromatic rings. The van der Waals surface area contributed by atoms with E-state index in [0.29, 0.717) is 25.0 Å². The van der Waals surface area contributed by atoms with Gasteiger partial charge in [-0.25, -0.2) is 0 Å². The zero-order valence-electron chi connectivity index (χ0n) is 21.1. The fourth-order valence-corrected chi connectivity index (χ4v) is 5.10. The van der Waals surface area contributed by atoms with Gasteiger partial charge in [-0.3, -0.25) is 9.59 Å². The van der Waals surface area contributed by atoms with Gasteiger partial charge in [0.15, 0.2) is 5.78 Å². The largest absolute Gasteiger partial charge is 0.497 e. The highest BCUT2D eigenvalue weighted by Crippen LogP contribution is 2.68. The fraction of sp³-hybridized carbons (Fsp3) is 0.500. The Bertz CT molecular complexity index is 1020. The Morgan fingerprint density at radius 3 is 2.42 bits per heavy atom. The van der Waals surface area contributed by atoms with Crippen LogP contribution >= 0.6 is 0 Å². The molecule has 1 saturated heterocycles. The lowest BCUT2D eigenvalue weighted by molar-refractivity contribution is -0.129. The van der Waals surface area contributed by atoms with E-state index in [0.717, 1.165) is 41.0 Å². The summed E-state index contributed by atoms with van der Waals surface area (Å²) in [4.78, 5) is 28.2. The highest BCUT2D eigenvalue weighted by molar-refractivity contribution is 6.30. The Morgan fingerprint density at radius 2 is 1.85 bits per heavy atom. The third-order valence-electron chi connectivity index (χ3n) is 7.01. The molecule has 2 unspecified atom stereocenters. The number of benzene rings is 1. The molecule has 0 bridgehead atoms. The molecular formula is C28H37NO4. The van der Waals surface area contributed by atoms with Gasteiger partial charge >= 0.3 is 0 Å². The van der Waals surface area contributed by atoms with E-state index in [1.807, 2.05) is 51.1 Å². The summed E-state index contributed by atoms with van der Waals surface area (Å²) in [6.45, 7) is 10.7. The first-order chi connectivity index (χ1) is 15.8. The molecule has 178 valence electrons. The first kappa shape index (κ1) is 25.0. The number of piperidine rings is 1. The molecule has 1 aromatic carbocycles. The van der Waals surface area contributed by atoms with Gasteiger partial charge in [-0.1, -0.05) is 45.9 Å². The van der Waals surface area contributed by atoms with Gasteiger partial charge in [0.05, 0.1) is 12.7 Å². The molecule has 1 amide bonds.